The second-order valence-corrected chi connectivity index (χ2v) is 7.46. The Balaban J connectivity index is 1.29. The molecule has 3 aliphatic rings. The molecule has 1 aromatic carbocycles. The molecular weight excluding hydrogens is 376 g/mol. The quantitative estimate of drug-likeness (QED) is 0.475. The van der Waals surface area contributed by atoms with Crippen molar-refractivity contribution in [2.75, 3.05) is 26.2 Å². The van der Waals surface area contributed by atoms with Gasteiger partial charge in [-0.25, -0.2) is 4.79 Å². The predicted octanol–water partition coefficient (Wildman–Crippen LogP) is -0.904. The summed E-state index contributed by atoms with van der Waals surface area (Å²) in [4.78, 5) is 44.7. The van der Waals surface area contributed by atoms with Crippen LogP contribution in [0.15, 0.2) is 30.3 Å². The summed E-state index contributed by atoms with van der Waals surface area (Å²) in [5.41, 5.74) is 5.89. The molecule has 3 heterocycles. The van der Waals surface area contributed by atoms with E-state index < -0.39 is 12.1 Å². The van der Waals surface area contributed by atoms with Crippen LogP contribution in [0.2, 0.25) is 0 Å². The van der Waals surface area contributed by atoms with Gasteiger partial charge in [0, 0.05) is 26.2 Å². The zero-order valence-corrected chi connectivity index (χ0v) is 16.1. The van der Waals surface area contributed by atoms with E-state index in [2.05, 4.69) is 21.5 Å². The molecule has 10 nitrogen and oxygen atoms in total. The summed E-state index contributed by atoms with van der Waals surface area (Å²) in [7, 11) is 0. The second-order valence-electron chi connectivity index (χ2n) is 7.46. The Bertz CT molecular complexity index is 754. The van der Waals surface area contributed by atoms with Crippen LogP contribution in [0, 0.1) is 0 Å². The number of nitrogens with zero attached hydrogens (tertiary/aromatic N) is 2. The number of carbonyl (C=O) groups excluding carboxylic acids is 3. The van der Waals surface area contributed by atoms with Crippen LogP contribution in [0.4, 0.5) is 4.79 Å². The van der Waals surface area contributed by atoms with Gasteiger partial charge in [-0.2, -0.15) is 5.06 Å². The van der Waals surface area contributed by atoms with E-state index in [1.807, 2.05) is 30.3 Å². The topological polar surface area (TPSA) is 115 Å². The first-order valence-electron chi connectivity index (χ1n) is 9.94. The molecule has 0 saturated carbocycles. The smallest absolute Gasteiger partial charge is 0.313 e. The molecule has 1 aromatic rings. The normalized spacial score (nSPS) is 26.3. The number of hydrogen-bond acceptors (Lipinski definition) is 6. The van der Waals surface area contributed by atoms with E-state index in [0.29, 0.717) is 39.1 Å². The fourth-order valence-corrected chi connectivity index (χ4v) is 3.92. The van der Waals surface area contributed by atoms with Gasteiger partial charge < -0.3 is 15.5 Å². The number of benzene rings is 1. The minimum absolute atomic E-state index is 0.0673. The van der Waals surface area contributed by atoms with E-state index >= 15 is 0 Å². The largest absolute Gasteiger partial charge is 0.345 e. The number of fused-ring (bicyclic) bond motifs is 2. The maximum absolute atomic E-state index is 12.7. The van der Waals surface area contributed by atoms with Crippen molar-refractivity contribution in [3.63, 3.8) is 0 Å². The molecule has 0 aliphatic carbocycles. The van der Waals surface area contributed by atoms with Crippen molar-refractivity contribution in [1.82, 2.24) is 31.4 Å². The highest BCUT2D eigenvalue weighted by Gasteiger charge is 2.48. The molecule has 2 bridgehead atoms. The van der Waals surface area contributed by atoms with Gasteiger partial charge in [-0.3, -0.25) is 25.3 Å². The van der Waals surface area contributed by atoms with Crippen molar-refractivity contribution in [3.05, 3.63) is 35.9 Å². The van der Waals surface area contributed by atoms with Gasteiger partial charge in [0.05, 0.1) is 6.04 Å². The molecule has 4 rings (SSSR count). The Morgan fingerprint density at radius 2 is 1.90 bits per heavy atom. The standard InChI is InChI=1S/C19H26N6O4/c26-17(15-10-20-8-9-21-15)22-23-18(27)16-7-6-14-11-24(16)19(28)25(14)29-12-13-4-2-1-3-5-13/h1-5,14-16,20-21H,6-12H2,(H,22,26)(H,23,27). The van der Waals surface area contributed by atoms with Crippen molar-refractivity contribution in [1.29, 1.82) is 0 Å². The number of hydrogen-bond donors (Lipinski definition) is 4. The molecule has 29 heavy (non-hydrogen) atoms. The molecule has 10 heteroatoms. The second kappa shape index (κ2) is 8.76. The minimum Gasteiger partial charge on any atom is -0.313 e. The Labute approximate surface area is 168 Å². The number of rotatable bonds is 5. The summed E-state index contributed by atoms with van der Waals surface area (Å²) in [6.45, 7) is 2.74. The number of urea groups is 1. The third-order valence-corrected chi connectivity index (χ3v) is 5.51. The number of amides is 4. The number of piperazine rings is 1. The summed E-state index contributed by atoms with van der Waals surface area (Å²) in [5, 5.41) is 7.58. The van der Waals surface area contributed by atoms with Crippen LogP contribution >= 0.6 is 0 Å². The zero-order chi connectivity index (χ0) is 20.2. The number of hydroxylamine groups is 2. The van der Waals surface area contributed by atoms with Crippen molar-refractivity contribution in [2.24, 2.45) is 0 Å². The van der Waals surface area contributed by atoms with Gasteiger partial charge in [-0.15, -0.1) is 0 Å². The van der Waals surface area contributed by atoms with Crippen molar-refractivity contribution in [3.8, 4) is 0 Å². The molecule has 3 aliphatic heterocycles. The molecule has 3 fully saturated rings. The third kappa shape index (κ3) is 4.34. The fourth-order valence-electron chi connectivity index (χ4n) is 3.92. The Hall–Kier alpha value is -2.69. The molecule has 156 valence electrons. The van der Waals surface area contributed by atoms with Crippen molar-refractivity contribution in [2.45, 2.75) is 37.6 Å². The summed E-state index contributed by atoms with van der Waals surface area (Å²) in [6, 6.07) is 8.23. The van der Waals surface area contributed by atoms with Crippen LogP contribution in [0.1, 0.15) is 18.4 Å². The van der Waals surface area contributed by atoms with Gasteiger partial charge in [-0.05, 0) is 18.4 Å². The summed E-state index contributed by atoms with van der Waals surface area (Å²) in [6.07, 6.45) is 1.18. The summed E-state index contributed by atoms with van der Waals surface area (Å²) in [5.74, 6) is -0.696. The lowest BCUT2D eigenvalue weighted by Crippen LogP contribution is -2.60. The third-order valence-electron chi connectivity index (χ3n) is 5.51. The summed E-state index contributed by atoms with van der Waals surface area (Å²) >= 11 is 0. The molecule has 0 spiro atoms. The molecule has 4 amide bonds. The lowest BCUT2D eigenvalue weighted by atomic mass is 10.0. The van der Waals surface area contributed by atoms with E-state index in [4.69, 9.17) is 4.84 Å². The Morgan fingerprint density at radius 1 is 1.10 bits per heavy atom. The number of carbonyl (C=O) groups is 3. The highest BCUT2D eigenvalue weighted by molar-refractivity contribution is 5.90. The molecule has 3 atom stereocenters. The van der Waals surface area contributed by atoms with E-state index in [9.17, 15) is 14.4 Å². The van der Waals surface area contributed by atoms with Crippen molar-refractivity contribution >= 4 is 17.8 Å². The maximum atomic E-state index is 12.7. The predicted molar refractivity (Wildman–Crippen MR) is 103 cm³/mol. The van der Waals surface area contributed by atoms with E-state index in [1.165, 1.54) is 9.96 Å². The van der Waals surface area contributed by atoms with Crippen LogP contribution in [0.5, 0.6) is 0 Å². The van der Waals surface area contributed by atoms with Gasteiger partial charge in [0.25, 0.3) is 11.8 Å². The van der Waals surface area contributed by atoms with E-state index in [1.54, 1.807) is 0 Å². The van der Waals surface area contributed by atoms with Crippen LogP contribution in [-0.2, 0) is 21.0 Å². The van der Waals surface area contributed by atoms with Gasteiger partial charge in [0.2, 0.25) is 0 Å². The van der Waals surface area contributed by atoms with Gasteiger partial charge in [0.1, 0.15) is 18.7 Å². The summed E-state index contributed by atoms with van der Waals surface area (Å²) < 4.78 is 0. The fraction of sp³-hybridized carbons (Fsp3) is 0.526. The van der Waals surface area contributed by atoms with Crippen LogP contribution in [0.3, 0.4) is 0 Å². The first kappa shape index (κ1) is 19.6. The maximum Gasteiger partial charge on any atom is 0.345 e. The highest BCUT2D eigenvalue weighted by atomic mass is 16.7. The molecule has 0 aromatic heterocycles. The number of piperidine rings is 1. The Kier molecular flexibility index (Phi) is 5.93. The van der Waals surface area contributed by atoms with E-state index in [0.717, 1.165) is 12.1 Å². The first-order valence-corrected chi connectivity index (χ1v) is 9.94. The highest BCUT2D eigenvalue weighted by Crippen LogP contribution is 2.30. The molecule has 3 saturated heterocycles. The number of nitrogens with one attached hydrogen (secondary N) is 4. The van der Waals surface area contributed by atoms with Gasteiger partial charge >= 0.3 is 6.03 Å². The molecular formula is C19H26N6O4. The average Bonchev–Trinajstić information content (AvgIpc) is 3.01. The van der Waals surface area contributed by atoms with Gasteiger partial charge in [-0.1, -0.05) is 30.3 Å². The van der Waals surface area contributed by atoms with Crippen LogP contribution < -0.4 is 21.5 Å². The first-order chi connectivity index (χ1) is 14.1. The van der Waals surface area contributed by atoms with Crippen LogP contribution in [-0.4, -0.2) is 72.1 Å². The lowest BCUT2D eigenvalue weighted by molar-refractivity contribution is -0.140. The zero-order valence-electron chi connectivity index (χ0n) is 16.1. The lowest BCUT2D eigenvalue weighted by Gasteiger charge is -2.29. The van der Waals surface area contributed by atoms with Crippen LogP contribution in [0.25, 0.3) is 0 Å². The van der Waals surface area contributed by atoms with E-state index in [-0.39, 0.29) is 23.9 Å². The van der Waals surface area contributed by atoms with Crippen molar-refractivity contribution < 1.29 is 19.2 Å². The van der Waals surface area contributed by atoms with Gasteiger partial charge in [0.15, 0.2) is 0 Å². The molecule has 4 N–H and O–H groups in total. The monoisotopic (exact) mass is 402 g/mol. The minimum atomic E-state index is -0.623. The molecule has 3 unspecified atom stereocenters. The average molecular weight is 402 g/mol. The number of hydrazine groups is 1. The SMILES string of the molecule is O=C(NNC(=O)C1CCC2CN1C(=O)N2OCc1ccccc1)C1CNCCN1. The molecule has 0 radical (unpaired) electrons. The Morgan fingerprint density at radius 3 is 2.66 bits per heavy atom.